The molecule has 8 heteroatoms. The lowest BCUT2D eigenvalue weighted by molar-refractivity contribution is 0.0259. The largest absolute Gasteiger partial charge is 0.384 e. The van der Waals surface area contributed by atoms with Crippen molar-refractivity contribution in [3.63, 3.8) is 0 Å². The molecule has 3 aromatic heterocycles. The van der Waals surface area contributed by atoms with Crippen LogP contribution in [0.5, 0.6) is 0 Å². The number of benzene rings is 4. The van der Waals surface area contributed by atoms with Gasteiger partial charge in [0.25, 0.3) is 0 Å². The third kappa shape index (κ3) is 8.53. The number of hydrogen-bond acceptors (Lipinski definition) is 6. The zero-order valence-electron chi connectivity index (χ0n) is 41.5. The third-order valence-electron chi connectivity index (χ3n) is 13.8. The smallest absolute Gasteiger partial charge is 0.128 e. The Morgan fingerprint density at radius 1 is 0.294 bits per heavy atom. The molecule has 0 unspecified atom stereocenters. The molecule has 2 aliphatic rings. The monoisotopic (exact) mass is 907 g/mol. The van der Waals surface area contributed by atoms with E-state index in [1.54, 1.807) is 0 Å². The van der Waals surface area contributed by atoms with Crippen LogP contribution in [0.3, 0.4) is 0 Å². The summed E-state index contributed by atoms with van der Waals surface area (Å²) in [4.78, 5) is 17.9. The van der Waals surface area contributed by atoms with Gasteiger partial charge < -0.3 is 30.4 Å². The molecule has 6 N–H and O–H groups in total. The second-order valence-electron chi connectivity index (χ2n) is 22.9. The van der Waals surface area contributed by atoms with Crippen molar-refractivity contribution in [2.24, 2.45) is 0 Å². The second-order valence-corrected chi connectivity index (χ2v) is 22.9. The molecule has 350 valence electrons. The molecule has 8 nitrogen and oxygen atoms in total. The molecule has 8 bridgehead atoms. The van der Waals surface area contributed by atoms with E-state index in [4.69, 9.17) is 9.97 Å². The molecule has 0 spiro atoms. The van der Waals surface area contributed by atoms with Crippen LogP contribution in [0, 0.1) is 0 Å². The van der Waals surface area contributed by atoms with Crippen LogP contribution >= 0.6 is 0 Å². The van der Waals surface area contributed by atoms with Crippen LogP contribution in [-0.2, 0) is 21.7 Å². The molecule has 0 saturated carbocycles. The Labute approximate surface area is 400 Å². The minimum atomic E-state index is -1.38. The summed E-state index contributed by atoms with van der Waals surface area (Å²) in [7, 11) is 0. The minimum Gasteiger partial charge on any atom is -0.384 e. The van der Waals surface area contributed by atoms with Gasteiger partial charge in [0.15, 0.2) is 0 Å². The van der Waals surface area contributed by atoms with E-state index in [9.17, 15) is 20.4 Å². The fourth-order valence-electron chi connectivity index (χ4n) is 9.62. The Morgan fingerprint density at radius 3 is 0.632 bits per heavy atom. The van der Waals surface area contributed by atoms with Crippen molar-refractivity contribution >= 4 is 22.1 Å². The van der Waals surface area contributed by atoms with Gasteiger partial charge in [-0.05, 0) is 90.4 Å². The highest BCUT2D eigenvalue weighted by Gasteiger charge is 2.37. The van der Waals surface area contributed by atoms with Gasteiger partial charge in [-0.1, -0.05) is 180 Å². The van der Waals surface area contributed by atoms with Gasteiger partial charge in [0.1, 0.15) is 24.4 Å². The number of aromatic nitrogens is 4. The number of aliphatic hydroxyl groups excluding tert-OH is 4. The zero-order valence-corrected chi connectivity index (χ0v) is 41.5. The van der Waals surface area contributed by atoms with Crippen LogP contribution in [0.4, 0.5) is 0 Å². The van der Waals surface area contributed by atoms with Crippen molar-refractivity contribution in [1.29, 1.82) is 0 Å². The predicted molar refractivity (Wildman–Crippen MR) is 277 cm³/mol. The van der Waals surface area contributed by atoms with Crippen LogP contribution in [-0.4, -0.2) is 40.4 Å². The first-order valence-electron chi connectivity index (χ1n) is 23.9. The summed E-state index contributed by atoms with van der Waals surface area (Å²) in [6.45, 7) is 26.1. The Hall–Kier alpha value is -6.16. The molecule has 0 fully saturated rings. The Morgan fingerprint density at radius 2 is 0.471 bits per heavy atom. The van der Waals surface area contributed by atoms with Crippen LogP contribution in [0.2, 0.25) is 0 Å². The van der Waals surface area contributed by atoms with E-state index in [1.165, 1.54) is 0 Å². The standard InChI is InChI=1S/C60H66N4O4/c1-57(2,3)37-21-13-33(14-22-37)45-41-29-30-42(61-41)46(34-15-23-38(24-16-34)58(4,5)6)51-55(67)56(68)52(64-51)48(36-19-27-40(28-20-36)60(10,11)12)44-32-31-43(62-44)47(50-54(66)53(65)49(45)63-50)35-17-25-39(26-18-35)59(7,8)9/h13-32,53-56,61-62,65-68H,1-12H3/t53-,54+,55+,56-. The van der Waals surface area contributed by atoms with Crippen LogP contribution in [0.1, 0.15) is 153 Å². The van der Waals surface area contributed by atoms with Crippen LogP contribution in [0.25, 0.3) is 66.6 Å². The van der Waals surface area contributed by atoms with E-state index in [2.05, 4.69) is 142 Å². The number of nitrogens with one attached hydrogen (secondary N) is 2. The topological polar surface area (TPSA) is 138 Å². The minimum absolute atomic E-state index is 0.102. The zero-order chi connectivity index (χ0) is 48.8. The molecule has 9 rings (SSSR count). The third-order valence-corrected chi connectivity index (χ3v) is 13.8. The molecule has 4 aromatic carbocycles. The lowest BCUT2D eigenvalue weighted by Crippen LogP contribution is -2.10. The highest BCUT2D eigenvalue weighted by molar-refractivity contribution is 5.92. The van der Waals surface area contributed by atoms with Crippen molar-refractivity contribution in [3.05, 3.63) is 166 Å². The number of hydrogen-bond donors (Lipinski definition) is 6. The maximum absolute atomic E-state index is 12.4. The fourth-order valence-corrected chi connectivity index (χ4v) is 9.62. The van der Waals surface area contributed by atoms with Gasteiger partial charge in [-0.2, -0.15) is 0 Å². The van der Waals surface area contributed by atoms with E-state index in [0.717, 1.165) is 44.5 Å². The van der Waals surface area contributed by atoms with E-state index < -0.39 is 24.4 Å². The molecule has 0 amide bonds. The second kappa shape index (κ2) is 16.8. The summed E-state index contributed by atoms with van der Waals surface area (Å²) >= 11 is 0. The predicted octanol–water partition coefficient (Wildman–Crippen LogP) is 13.7. The highest BCUT2D eigenvalue weighted by Crippen LogP contribution is 2.47. The van der Waals surface area contributed by atoms with Gasteiger partial charge in [-0.15, -0.1) is 0 Å². The fraction of sp³-hybridized carbons (Fsp3) is 0.333. The maximum atomic E-state index is 12.4. The summed E-state index contributed by atoms with van der Waals surface area (Å²) in [6, 6.07) is 41.0. The number of aliphatic hydroxyl groups is 4. The lowest BCUT2D eigenvalue weighted by Gasteiger charge is -2.20. The number of nitrogens with zero attached hydrogens (tertiary/aromatic N) is 2. The Bertz CT molecular complexity index is 2760. The van der Waals surface area contributed by atoms with E-state index in [0.29, 0.717) is 67.1 Å². The molecule has 0 radical (unpaired) electrons. The SMILES string of the molecule is CC(C)(C)c1ccc(-c2c3nc(c(-c4ccc(C(C)(C)C)cc4)c4ccc([nH]4)c(-c4ccc(C(C)(C)C)cc4)c4nc(c(-c5ccc(C(C)(C)C)cc5)c5ccc2[nH]5)[C@H](O)[C@@H]4O)[C@H](O)[C@@H]3O)cc1. The summed E-state index contributed by atoms with van der Waals surface area (Å²) in [5, 5.41) is 49.4. The summed E-state index contributed by atoms with van der Waals surface area (Å²) < 4.78 is 0. The summed E-state index contributed by atoms with van der Waals surface area (Å²) in [5.74, 6) is 0. The van der Waals surface area contributed by atoms with Crippen molar-refractivity contribution in [2.45, 2.75) is 129 Å². The highest BCUT2D eigenvalue weighted by atomic mass is 16.3. The summed E-state index contributed by atoms with van der Waals surface area (Å²) in [6.07, 6.45) is -5.53. The molecular formula is C60H66N4O4. The lowest BCUT2D eigenvalue weighted by atomic mass is 9.86. The van der Waals surface area contributed by atoms with Crippen LogP contribution in [0.15, 0.2) is 121 Å². The summed E-state index contributed by atoms with van der Waals surface area (Å²) in [5.41, 5.74) is 13.7. The molecule has 5 heterocycles. The van der Waals surface area contributed by atoms with Crippen LogP contribution < -0.4 is 0 Å². The van der Waals surface area contributed by atoms with Crippen molar-refractivity contribution in [2.75, 3.05) is 0 Å². The first-order valence-corrected chi connectivity index (χ1v) is 23.9. The number of fused-ring (bicyclic) bond motifs is 8. The van der Waals surface area contributed by atoms with Gasteiger partial charge in [-0.3, -0.25) is 9.97 Å². The molecular weight excluding hydrogens is 841 g/mol. The number of aromatic amines is 2. The van der Waals surface area contributed by atoms with Gasteiger partial charge in [0, 0.05) is 44.3 Å². The van der Waals surface area contributed by atoms with Gasteiger partial charge in [-0.25, -0.2) is 0 Å². The first kappa shape index (κ1) is 46.9. The normalized spacial score (nSPS) is 18.0. The average molecular weight is 907 g/mol. The molecule has 0 aliphatic carbocycles. The van der Waals surface area contributed by atoms with E-state index >= 15 is 0 Å². The number of rotatable bonds is 4. The first-order chi connectivity index (χ1) is 31.9. The molecule has 68 heavy (non-hydrogen) atoms. The van der Waals surface area contributed by atoms with Crippen molar-refractivity contribution in [1.82, 2.24) is 19.9 Å². The number of H-pyrrole nitrogens is 2. The molecule has 4 atom stereocenters. The van der Waals surface area contributed by atoms with Crippen molar-refractivity contribution in [3.8, 4) is 44.5 Å². The van der Waals surface area contributed by atoms with Gasteiger partial charge in [0.05, 0.1) is 22.8 Å². The average Bonchev–Trinajstić information content (AvgIpc) is 4.07. The van der Waals surface area contributed by atoms with Gasteiger partial charge >= 0.3 is 0 Å². The maximum Gasteiger partial charge on any atom is 0.128 e. The molecule has 7 aromatic rings. The van der Waals surface area contributed by atoms with Crippen molar-refractivity contribution < 1.29 is 20.4 Å². The quantitative estimate of drug-likeness (QED) is 0.104. The molecule has 0 saturated heterocycles. The molecule has 2 aliphatic heterocycles. The Kier molecular flexibility index (Phi) is 11.6. The van der Waals surface area contributed by atoms with E-state index in [-0.39, 0.29) is 21.7 Å². The van der Waals surface area contributed by atoms with Gasteiger partial charge in [0.2, 0.25) is 0 Å². The van der Waals surface area contributed by atoms with E-state index in [1.807, 2.05) is 72.8 Å². The Balaban J connectivity index is 1.48.